The van der Waals surface area contributed by atoms with Crippen molar-refractivity contribution < 1.29 is 4.74 Å². The van der Waals surface area contributed by atoms with Crippen molar-refractivity contribution in [1.82, 2.24) is 4.90 Å². The predicted octanol–water partition coefficient (Wildman–Crippen LogP) is 3.34. The van der Waals surface area contributed by atoms with E-state index in [0.29, 0.717) is 0 Å². The summed E-state index contributed by atoms with van der Waals surface area (Å²) in [4.78, 5) is 2.28. The van der Waals surface area contributed by atoms with E-state index in [0.717, 1.165) is 23.7 Å². The Bertz CT molecular complexity index is 522. The molecule has 1 aromatic rings. The van der Waals surface area contributed by atoms with Crippen LogP contribution in [0.3, 0.4) is 0 Å². The molecule has 1 atom stereocenters. The first-order valence-electron chi connectivity index (χ1n) is 6.62. The molecule has 1 fully saturated rings. The highest BCUT2D eigenvalue weighted by molar-refractivity contribution is 8.03. The first-order valence-corrected chi connectivity index (χ1v) is 7.61. The lowest BCUT2D eigenvalue weighted by atomic mass is 10.1. The van der Waals surface area contributed by atoms with Crippen LogP contribution in [-0.2, 0) is 0 Å². The standard InChI is InChI=1S/C15H20N2OS/c1-10-7-12-13(8-11(10)2)18-15(3,16-12)9-14-17(4)5-6-19-14/h7-9,16H,5-6H2,1-4H3/b14-9-. The van der Waals surface area contributed by atoms with Crippen LogP contribution in [0.4, 0.5) is 5.69 Å². The number of benzene rings is 1. The Morgan fingerprint density at radius 2 is 2.11 bits per heavy atom. The van der Waals surface area contributed by atoms with Gasteiger partial charge in [-0.25, -0.2) is 0 Å². The lowest BCUT2D eigenvalue weighted by Gasteiger charge is -2.23. The van der Waals surface area contributed by atoms with Gasteiger partial charge >= 0.3 is 0 Å². The summed E-state index contributed by atoms with van der Waals surface area (Å²) in [6, 6.07) is 4.28. The SMILES string of the molecule is Cc1cc2c(cc1C)OC(C)(/C=C1\SCCN1C)N2. The summed E-state index contributed by atoms with van der Waals surface area (Å²) in [6.07, 6.45) is 2.19. The van der Waals surface area contributed by atoms with Crippen LogP contribution in [0.25, 0.3) is 0 Å². The third-order valence-corrected chi connectivity index (χ3v) is 4.86. The summed E-state index contributed by atoms with van der Waals surface area (Å²) < 4.78 is 6.11. The summed E-state index contributed by atoms with van der Waals surface area (Å²) >= 11 is 1.89. The fraction of sp³-hybridized carbons (Fsp3) is 0.467. The third kappa shape index (κ3) is 2.29. The monoisotopic (exact) mass is 276 g/mol. The molecule has 0 radical (unpaired) electrons. The van der Waals surface area contributed by atoms with E-state index >= 15 is 0 Å². The maximum atomic E-state index is 6.11. The first kappa shape index (κ1) is 12.7. The van der Waals surface area contributed by atoms with Gasteiger partial charge in [-0.15, -0.1) is 11.8 Å². The zero-order chi connectivity index (χ0) is 13.6. The Morgan fingerprint density at radius 3 is 2.79 bits per heavy atom. The van der Waals surface area contributed by atoms with Crippen molar-refractivity contribution in [3.05, 3.63) is 34.4 Å². The second kappa shape index (κ2) is 4.37. The fourth-order valence-corrected chi connectivity index (χ4v) is 3.65. The number of thioether (sulfide) groups is 1. The molecule has 1 saturated heterocycles. The number of hydrogen-bond acceptors (Lipinski definition) is 4. The molecule has 19 heavy (non-hydrogen) atoms. The molecule has 0 amide bonds. The van der Waals surface area contributed by atoms with E-state index in [-0.39, 0.29) is 0 Å². The molecule has 0 aliphatic carbocycles. The average molecular weight is 276 g/mol. The molecule has 4 heteroatoms. The van der Waals surface area contributed by atoms with Crippen LogP contribution in [-0.4, -0.2) is 30.0 Å². The number of fused-ring (bicyclic) bond motifs is 1. The maximum Gasteiger partial charge on any atom is 0.200 e. The molecule has 1 unspecified atom stereocenters. The van der Waals surface area contributed by atoms with Gasteiger partial charge < -0.3 is 15.0 Å². The van der Waals surface area contributed by atoms with Gasteiger partial charge in [0, 0.05) is 25.4 Å². The molecule has 102 valence electrons. The van der Waals surface area contributed by atoms with Crippen molar-refractivity contribution in [2.75, 3.05) is 24.7 Å². The number of anilines is 1. The number of rotatable bonds is 1. The van der Waals surface area contributed by atoms with E-state index in [2.05, 4.69) is 56.2 Å². The van der Waals surface area contributed by atoms with Gasteiger partial charge in [0.2, 0.25) is 0 Å². The number of nitrogens with one attached hydrogen (secondary N) is 1. The molecule has 1 N–H and O–H groups in total. The molecule has 2 heterocycles. The van der Waals surface area contributed by atoms with Crippen LogP contribution in [0.5, 0.6) is 5.75 Å². The summed E-state index contributed by atoms with van der Waals surface area (Å²) in [7, 11) is 2.13. The third-order valence-electron chi connectivity index (χ3n) is 3.75. The summed E-state index contributed by atoms with van der Waals surface area (Å²) in [5.41, 5.74) is 3.21. The Kier molecular flexibility index (Phi) is 2.93. The Morgan fingerprint density at radius 1 is 1.37 bits per heavy atom. The van der Waals surface area contributed by atoms with Crippen molar-refractivity contribution in [3.63, 3.8) is 0 Å². The van der Waals surface area contributed by atoms with Crippen LogP contribution in [0, 0.1) is 13.8 Å². The molecule has 2 aliphatic heterocycles. The van der Waals surface area contributed by atoms with Gasteiger partial charge in [-0.3, -0.25) is 0 Å². The van der Waals surface area contributed by atoms with Crippen molar-refractivity contribution in [2.45, 2.75) is 26.5 Å². The highest BCUT2D eigenvalue weighted by Gasteiger charge is 2.34. The van der Waals surface area contributed by atoms with Crippen molar-refractivity contribution in [3.8, 4) is 5.75 Å². The minimum Gasteiger partial charge on any atom is -0.463 e. The molecule has 0 spiro atoms. The number of nitrogens with zero attached hydrogens (tertiary/aromatic N) is 1. The van der Waals surface area contributed by atoms with Crippen molar-refractivity contribution in [1.29, 1.82) is 0 Å². The summed E-state index contributed by atoms with van der Waals surface area (Å²) in [5, 5.41) is 4.78. The van der Waals surface area contributed by atoms with E-state index < -0.39 is 5.72 Å². The van der Waals surface area contributed by atoms with Crippen LogP contribution < -0.4 is 10.1 Å². The smallest absolute Gasteiger partial charge is 0.200 e. The van der Waals surface area contributed by atoms with Crippen LogP contribution in [0.1, 0.15) is 18.1 Å². The molecule has 3 rings (SSSR count). The van der Waals surface area contributed by atoms with Crippen LogP contribution in [0.15, 0.2) is 23.2 Å². The van der Waals surface area contributed by atoms with E-state index in [1.54, 1.807) is 0 Å². The van der Waals surface area contributed by atoms with Gasteiger partial charge in [-0.2, -0.15) is 0 Å². The van der Waals surface area contributed by atoms with Crippen LogP contribution >= 0.6 is 11.8 Å². The number of ether oxygens (including phenoxy) is 1. The van der Waals surface area contributed by atoms with E-state index in [1.807, 2.05) is 11.8 Å². The number of hydrogen-bond donors (Lipinski definition) is 1. The van der Waals surface area contributed by atoms with Crippen LogP contribution in [0.2, 0.25) is 0 Å². The largest absolute Gasteiger partial charge is 0.463 e. The molecule has 3 nitrogen and oxygen atoms in total. The normalized spacial score (nSPS) is 27.4. The minimum atomic E-state index is -0.441. The molecule has 0 saturated carbocycles. The minimum absolute atomic E-state index is 0.441. The van der Waals surface area contributed by atoms with E-state index in [1.165, 1.54) is 16.2 Å². The van der Waals surface area contributed by atoms with Gasteiger partial charge in [0.05, 0.1) is 10.7 Å². The topological polar surface area (TPSA) is 24.5 Å². The van der Waals surface area contributed by atoms with Gasteiger partial charge in [0.25, 0.3) is 0 Å². The molecular weight excluding hydrogens is 256 g/mol. The molecule has 0 aromatic heterocycles. The Labute approximate surface area is 119 Å². The average Bonchev–Trinajstić information content (AvgIpc) is 2.84. The van der Waals surface area contributed by atoms with Gasteiger partial charge in [-0.1, -0.05) is 0 Å². The molecule has 1 aromatic carbocycles. The Balaban J connectivity index is 1.89. The molecular formula is C15H20N2OS. The predicted molar refractivity (Wildman–Crippen MR) is 81.7 cm³/mol. The van der Waals surface area contributed by atoms with E-state index in [4.69, 9.17) is 4.74 Å². The van der Waals surface area contributed by atoms with Gasteiger partial charge in [0.1, 0.15) is 5.75 Å². The first-order chi connectivity index (χ1) is 8.97. The quantitative estimate of drug-likeness (QED) is 0.850. The zero-order valence-electron chi connectivity index (χ0n) is 11.9. The molecule has 2 aliphatic rings. The van der Waals surface area contributed by atoms with Gasteiger partial charge in [0.15, 0.2) is 5.72 Å². The van der Waals surface area contributed by atoms with Gasteiger partial charge in [-0.05, 0) is 44.0 Å². The van der Waals surface area contributed by atoms with E-state index in [9.17, 15) is 0 Å². The lowest BCUT2D eigenvalue weighted by Crippen LogP contribution is -2.35. The summed E-state index contributed by atoms with van der Waals surface area (Å²) in [5.74, 6) is 2.11. The van der Waals surface area contributed by atoms with Crippen molar-refractivity contribution in [2.24, 2.45) is 0 Å². The second-order valence-corrected chi connectivity index (χ2v) is 6.63. The Hall–Kier alpha value is -1.29. The highest BCUT2D eigenvalue weighted by atomic mass is 32.2. The van der Waals surface area contributed by atoms with Crippen molar-refractivity contribution >= 4 is 17.4 Å². The number of aryl methyl sites for hydroxylation is 2. The fourth-order valence-electron chi connectivity index (χ4n) is 2.45. The summed E-state index contributed by atoms with van der Waals surface area (Å²) in [6.45, 7) is 7.44. The second-order valence-electron chi connectivity index (χ2n) is 5.52. The highest BCUT2D eigenvalue weighted by Crippen LogP contribution is 2.40. The zero-order valence-corrected chi connectivity index (χ0v) is 12.7. The molecule has 0 bridgehead atoms. The maximum absolute atomic E-state index is 6.11. The lowest BCUT2D eigenvalue weighted by molar-refractivity contribution is 0.191.